The van der Waals surface area contributed by atoms with Crippen LogP contribution < -0.4 is 0 Å². The molecule has 1 aliphatic rings. The SMILES string of the molecule is C=CN=C(C)C(/C(=C\C)c1ccccc1F)=C(\C)N1CCN(C(=O)OC(C)(C)C)C(C)C1.CC/C=C/C=C(C#N)\C=C(/C)CCC. The summed E-state index contributed by atoms with van der Waals surface area (Å²) in [5, 5.41) is 8.85. The second kappa shape index (κ2) is 20.0. The number of nitrogens with zero attached hydrogens (tertiary/aromatic N) is 4. The molecule has 0 aliphatic carbocycles. The second-order valence-corrected chi connectivity index (χ2v) is 12.3. The number of benzene rings is 1. The number of hydrogen-bond acceptors (Lipinski definition) is 5. The number of ether oxygens (including phenoxy) is 1. The van der Waals surface area contributed by atoms with E-state index in [0.29, 0.717) is 25.2 Å². The Morgan fingerprint density at radius 2 is 1.87 bits per heavy atom. The van der Waals surface area contributed by atoms with Gasteiger partial charge in [-0.1, -0.05) is 68.8 Å². The van der Waals surface area contributed by atoms with Gasteiger partial charge in [-0.25, -0.2) is 9.18 Å². The monoisotopic (exact) mass is 630 g/mol. The number of carbonyl (C=O) groups is 1. The Morgan fingerprint density at radius 3 is 2.39 bits per heavy atom. The fourth-order valence-electron chi connectivity index (χ4n) is 5.14. The van der Waals surface area contributed by atoms with E-state index in [9.17, 15) is 9.18 Å². The number of halogens is 1. The van der Waals surface area contributed by atoms with Gasteiger partial charge in [0.15, 0.2) is 0 Å². The first-order chi connectivity index (χ1) is 21.7. The van der Waals surface area contributed by atoms with Crippen LogP contribution in [0.2, 0.25) is 0 Å². The molecule has 2 rings (SSSR count). The topological polar surface area (TPSA) is 68.9 Å². The lowest BCUT2D eigenvalue weighted by Crippen LogP contribution is -2.54. The Bertz CT molecular complexity index is 1400. The van der Waals surface area contributed by atoms with Crippen LogP contribution in [0, 0.1) is 17.1 Å². The molecule has 1 aromatic rings. The van der Waals surface area contributed by atoms with Gasteiger partial charge < -0.3 is 14.5 Å². The van der Waals surface area contributed by atoms with Gasteiger partial charge in [0.1, 0.15) is 11.4 Å². The van der Waals surface area contributed by atoms with Crippen LogP contribution in [-0.4, -0.2) is 52.9 Å². The first-order valence-corrected chi connectivity index (χ1v) is 16.2. The van der Waals surface area contributed by atoms with Gasteiger partial charge in [0.05, 0.1) is 11.6 Å². The van der Waals surface area contributed by atoms with Crippen LogP contribution in [0.15, 0.2) is 94.8 Å². The van der Waals surface area contributed by atoms with Gasteiger partial charge in [-0.15, -0.1) is 0 Å². The molecule has 0 aromatic heterocycles. The first kappa shape index (κ1) is 39.8. The van der Waals surface area contributed by atoms with Gasteiger partial charge in [0, 0.05) is 54.4 Å². The van der Waals surface area contributed by atoms with Crippen LogP contribution in [0.4, 0.5) is 9.18 Å². The molecular formula is C39H55FN4O2. The maximum atomic E-state index is 14.7. The van der Waals surface area contributed by atoms with Crippen molar-refractivity contribution in [3.05, 3.63) is 101 Å². The minimum atomic E-state index is -0.532. The zero-order chi connectivity index (χ0) is 34.9. The third kappa shape index (κ3) is 13.0. The number of nitriles is 1. The molecule has 0 saturated carbocycles. The van der Waals surface area contributed by atoms with E-state index < -0.39 is 5.60 Å². The number of piperazine rings is 1. The highest BCUT2D eigenvalue weighted by Gasteiger charge is 2.32. The van der Waals surface area contributed by atoms with Crippen molar-refractivity contribution >= 4 is 17.4 Å². The number of allylic oxidation sites excluding steroid dienone is 10. The molecule has 7 heteroatoms. The molecule has 1 saturated heterocycles. The Labute approximate surface area is 278 Å². The second-order valence-electron chi connectivity index (χ2n) is 12.3. The summed E-state index contributed by atoms with van der Waals surface area (Å²) in [6, 6.07) is 8.91. The van der Waals surface area contributed by atoms with Crippen molar-refractivity contribution in [2.45, 2.75) is 100 Å². The number of aliphatic imine (C=N–C) groups is 1. The van der Waals surface area contributed by atoms with Crippen molar-refractivity contribution in [2.24, 2.45) is 4.99 Å². The van der Waals surface area contributed by atoms with E-state index >= 15 is 0 Å². The summed E-state index contributed by atoms with van der Waals surface area (Å²) in [7, 11) is 0. The smallest absolute Gasteiger partial charge is 0.410 e. The minimum Gasteiger partial charge on any atom is -0.444 e. The van der Waals surface area contributed by atoms with Gasteiger partial charge in [-0.05, 0) is 92.0 Å². The molecule has 250 valence electrons. The predicted molar refractivity (Wildman–Crippen MR) is 192 cm³/mol. The lowest BCUT2D eigenvalue weighted by Gasteiger charge is -2.42. The van der Waals surface area contributed by atoms with Crippen LogP contribution in [0.1, 0.15) is 94.1 Å². The average molecular weight is 631 g/mol. The minimum absolute atomic E-state index is 0.0334. The van der Waals surface area contributed by atoms with Gasteiger partial charge >= 0.3 is 6.09 Å². The van der Waals surface area contributed by atoms with Crippen LogP contribution in [0.5, 0.6) is 0 Å². The Morgan fingerprint density at radius 1 is 1.20 bits per heavy atom. The standard InChI is InChI=1S/C26H36FN3O2.C13H19N/c1-9-21(22-13-11-12-14-23(22)27)24(19(4)28-10-2)20(5)29-15-16-30(18(3)17-29)25(31)32-26(6,7)8;1-4-6-7-9-13(11-14)10-12(3)8-5-2/h9-14,18H,2,15-17H2,1,3-8H3;6-7,9-10H,4-5,8H2,1-3H3/b21-9-,24-20-,28-19?;7-6+,12-10+,13-9+. The lowest BCUT2D eigenvalue weighted by molar-refractivity contribution is 0.00495. The van der Waals surface area contributed by atoms with Crippen molar-refractivity contribution < 1.29 is 13.9 Å². The molecule has 1 unspecified atom stereocenters. The van der Waals surface area contributed by atoms with Crippen LogP contribution in [0.25, 0.3) is 5.57 Å². The van der Waals surface area contributed by atoms with Crippen LogP contribution in [-0.2, 0) is 4.74 Å². The summed E-state index contributed by atoms with van der Waals surface area (Å²) >= 11 is 0. The number of hydrogen-bond donors (Lipinski definition) is 0. The molecule has 1 fully saturated rings. The van der Waals surface area contributed by atoms with E-state index in [4.69, 9.17) is 10.00 Å². The zero-order valence-corrected chi connectivity index (χ0v) is 29.8. The zero-order valence-electron chi connectivity index (χ0n) is 29.8. The summed E-state index contributed by atoms with van der Waals surface area (Å²) in [5.74, 6) is -0.277. The van der Waals surface area contributed by atoms with Crippen molar-refractivity contribution in [3.63, 3.8) is 0 Å². The summed E-state index contributed by atoms with van der Waals surface area (Å²) in [6.07, 6.45) is 14.1. The highest BCUT2D eigenvalue weighted by atomic mass is 19.1. The van der Waals surface area contributed by atoms with E-state index in [1.807, 2.05) is 84.9 Å². The highest BCUT2D eigenvalue weighted by Crippen LogP contribution is 2.31. The fourth-order valence-corrected chi connectivity index (χ4v) is 5.14. The molecular weight excluding hydrogens is 575 g/mol. The summed E-state index contributed by atoms with van der Waals surface area (Å²) in [4.78, 5) is 21.0. The van der Waals surface area contributed by atoms with Crippen LogP contribution >= 0.6 is 0 Å². The molecule has 46 heavy (non-hydrogen) atoms. The third-order valence-electron chi connectivity index (χ3n) is 7.28. The average Bonchev–Trinajstić information content (AvgIpc) is 2.99. The summed E-state index contributed by atoms with van der Waals surface area (Å²) in [6.45, 7) is 25.3. The van der Waals surface area contributed by atoms with Gasteiger partial charge in [0.25, 0.3) is 0 Å². The molecule has 1 atom stereocenters. The summed E-state index contributed by atoms with van der Waals surface area (Å²) < 4.78 is 20.2. The van der Waals surface area contributed by atoms with E-state index in [1.165, 1.54) is 17.8 Å². The Balaban J connectivity index is 0.000000636. The molecule has 1 amide bonds. The molecule has 1 aliphatic heterocycles. The Hall–Kier alpha value is -4.18. The van der Waals surface area contributed by atoms with Crippen molar-refractivity contribution in [1.29, 1.82) is 5.26 Å². The first-order valence-electron chi connectivity index (χ1n) is 16.2. The maximum Gasteiger partial charge on any atom is 0.410 e. The summed E-state index contributed by atoms with van der Waals surface area (Å²) in [5.41, 5.74) is 5.40. The normalized spacial score (nSPS) is 17.2. The lowest BCUT2D eigenvalue weighted by atomic mass is 9.92. The van der Waals surface area contributed by atoms with Crippen molar-refractivity contribution in [3.8, 4) is 6.07 Å². The van der Waals surface area contributed by atoms with E-state index in [0.717, 1.165) is 47.4 Å². The molecule has 0 bridgehead atoms. The van der Waals surface area contributed by atoms with Crippen LogP contribution in [0.3, 0.4) is 0 Å². The fraction of sp³-hybridized carbons (Fsp3) is 0.462. The maximum absolute atomic E-state index is 14.7. The third-order valence-corrected chi connectivity index (χ3v) is 7.28. The van der Waals surface area contributed by atoms with Gasteiger partial charge in [-0.3, -0.25) is 4.99 Å². The number of carbonyl (C=O) groups excluding carboxylic acids is 1. The molecule has 0 spiro atoms. The van der Waals surface area contributed by atoms with E-state index in [1.54, 1.807) is 17.0 Å². The quantitative estimate of drug-likeness (QED) is 0.147. The van der Waals surface area contributed by atoms with Gasteiger partial charge in [0.2, 0.25) is 0 Å². The highest BCUT2D eigenvalue weighted by molar-refractivity contribution is 6.12. The van der Waals surface area contributed by atoms with E-state index in [-0.39, 0.29) is 18.0 Å². The van der Waals surface area contributed by atoms with Crippen molar-refractivity contribution in [2.75, 3.05) is 19.6 Å². The molecule has 0 N–H and O–H groups in total. The molecule has 1 aromatic carbocycles. The van der Waals surface area contributed by atoms with E-state index in [2.05, 4.69) is 43.3 Å². The molecule has 6 nitrogen and oxygen atoms in total. The number of rotatable bonds is 10. The largest absolute Gasteiger partial charge is 0.444 e. The van der Waals surface area contributed by atoms with Crippen molar-refractivity contribution in [1.82, 2.24) is 9.80 Å². The Kier molecular flexibility index (Phi) is 17.4. The predicted octanol–water partition coefficient (Wildman–Crippen LogP) is 10.2. The molecule has 1 heterocycles. The molecule has 0 radical (unpaired) electrons. The van der Waals surface area contributed by atoms with Gasteiger partial charge in [-0.2, -0.15) is 5.26 Å². The number of amides is 1.